The summed E-state index contributed by atoms with van der Waals surface area (Å²) in [7, 11) is 0. The van der Waals surface area contributed by atoms with Crippen LogP contribution in [-0.4, -0.2) is 37.5 Å². The summed E-state index contributed by atoms with van der Waals surface area (Å²) in [4.78, 5) is 13.8. The van der Waals surface area contributed by atoms with Crippen LogP contribution in [0.4, 0.5) is 0 Å². The Morgan fingerprint density at radius 1 is 1.11 bits per heavy atom. The SMILES string of the molecule is CC[C@H]1CC[C@H]2[C@@H]3C(=O)C=C4C[C@@H](OC5CCCCO5)CC(OCCC(C)C)[C@]4(C)[C@H]3CC[C@]12C. The summed E-state index contributed by atoms with van der Waals surface area (Å²) in [6.45, 7) is 13.4. The second-order valence-corrected chi connectivity index (χ2v) is 13.4. The highest BCUT2D eigenvalue weighted by Gasteiger charge is 2.63. The maximum Gasteiger partial charge on any atom is 0.159 e. The van der Waals surface area contributed by atoms with Crippen LogP contribution >= 0.6 is 0 Å². The summed E-state index contributed by atoms with van der Waals surface area (Å²) >= 11 is 0. The molecule has 0 aromatic heterocycles. The number of ketones is 1. The lowest BCUT2D eigenvalue weighted by Crippen LogP contribution is -2.58. The molecule has 0 spiro atoms. The van der Waals surface area contributed by atoms with Gasteiger partial charge in [-0.05, 0) is 93.0 Å². The van der Waals surface area contributed by atoms with Gasteiger partial charge in [-0.1, -0.05) is 46.6 Å². The van der Waals surface area contributed by atoms with Gasteiger partial charge in [-0.3, -0.25) is 4.79 Å². The van der Waals surface area contributed by atoms with Gasteiger partial charge < -0.3 is 14.2 Å². The second-order valence-electron chi connectivity index (χ2n) is 13.4. The third-order valence-corrected chi connectivity index (χ3v) is 11.2. The Morgan fingerprint density at radius 2 is 1.94 bits per heavy atom. The minimum absolute atomic E-state index is 0.0610. The summed E-state index contributed by atoms with van der Waals surface area (Å²) in [5, 5.41) is 0. The van der Waals surface area contributed by atoms with E-state index in [1.807, 2.05) is 0 Å². The lowest BCUT2D eigenvalue weighted by molar-refractivity contribution is -0.210. The third-order valence-electron chi connectivity index (χ3n) is 11.2. The highest BCUT2D eigenvalue weighted by Crippen LogP contribution is 2.66. The van der Waals surface area contributed by atoms with Gasteiger partial charge in [-0.15, -0.1) is 0 Å². The van der Waals surface area contributed by atoms with E-state index in [-0.39, 0.29) is 29.8 Å². The first-order valence-corrected chi connectivity index (χ1v) is 14.9. The Morgan fingerprint density at radius 3 is 2.66 bits per heavy atom. The molecule has 0 amide bonds. The number of rotatable bonds is 7. The van der Waals surface area contributed by atoms with Gasteiger partial charge in [-0.2, -0.15) is 0 Å². The number of ether oxygens (including phenoxy) is 3. The molecule has 5 rings (SSSR count). The number of fused-ring (bicyclic) bond motifs is 5. The van der Waals surface area contributed by atoms with Crippen molar-refractivity contribution in [3.8, 4) is 0 Å². The molecule has 3 saturated carbocycles. The van der Waals surface area contributed by atoms with Gasteiger partial charge in [0.05, 0.1) is 12.2 Å². The molecule has 9 atom stereocenters. The van der Waals surface area contributed by atoms with Crippen molar-refractivity contribution in [1.29, 1.82) is 0 Å². The maximum absolute atomic E-state index is 13.8. The average molecular weight is 487 g/mol. The predicted octanol–water partition coefficient (Wildman–Crippen LogP) is 7.11. The van der Waals surface area contributed by atoms with E-state index in [0.717, 1.165) is 57.7 Å². The number of hydrogen-bond donors (Lipinski definition) is 0. The van der Waals surface area contributed by atoms with E-state index in [0.29, 0.717) is 29.0 Å². The van der Waals surface area contributed by atoms with Crippen molar-refractivity contribution >= 4 is 5.78 Å². The van der Waals surface area contributed by atoms with Crippen molar-refractivity contribution in [3.05, 3.63) is 11.6 Å². The zero-order chi connectivity index (χ0) is 24.8. The van der Waals surface area contributed by atoms with E-state index < -0.39 is 0 Å². The van der Waals surface area contributed by atoms with Crippen LogP contribution in [0.1, 0.15) is 105 Å². The fraction of sp³-hybridized carbons (Fsp3) is 0.903. The number of allylic oxidation sites excluding steroid dienone is 1. The van der Waals surface area contributed by atoms with E-state index in [4.69, 9.17) is 14.2 Å². The van der Waals surface area contributed by atoms with Crippen LogP contribution in [0.2, 0.25) is 0 Å². The first kappa shape index (κ1) is 25.9. The summed E-state index contributed by atoms with van der Waals surface area (Å²) in [6.07, 6.45) is 14.5. The summed E-state index contributed by atoms with van der Waals surface area (Å²) in [5.41, 5.74) is 1.58. The lowest BCUT2D eigenvalue weighted by Gasteiger charge is -2.59. The van der Waals surface area contributed by atoms with Crippen LogP contribution < -0.4 is 0 Å². The van der Waals surface area contributed by atoms with Gasteiger partial charge in [0.25, 0.3) is 0 Å². The van der Waals surface area contributed by atoms with Crippen molar-refractivity contribution in [3.63, 3.8) is 0 Å². The molecule has 0 radical (unpaired) electrons. The van der Waals surface area contributed by atoms with Crippen LogP contribution in [0.25, 0.3) is 0 Å². The van der Waals surface area contributed by atoms with Crippen LogP contribution in [0.3, 0.4) is 0 Å². The Kier molecular flexibility index (Phi) is 7.57. The first-order valence-electron chi connectivity index (χ1n) is 14.9. The van der Waals surface area contributed by atoms with Gasteiger partial charge in [0.15, 0.2) is 12.1 Å². The Bertz CT molecular complexity index is 798. The minimum atomic E-state index is -0.0954. The zero-order valence-electron chi connectivity index (χ0n) is 23.0. The van der Waals surface area contributed by atoms with Gasteiger partial charge in [0.2, 0.25) is 0 Å². The molecule has 1 aliphatic heterocycles. The van der Waals surface area contributed by atoms with E-state index in [9.17, 15) is 4.79 Å². The predicted molar refractivity (Wildman–Crippen MR) is 139 cm³/mol. The highest BCUT2D eigenvalue weighted by atomic mass is 16.7. The van der Waals surface area contributed by atoms with E-state index in [1.54, 1.807) is 0 Å². The molecule has 4 aliphatic carbocycles. The summed E-state index contributed by atoms with van der Waals surface area (Å²) in [5.74, 6) is 2.93. The molecule has 0 aromatic carbocycles. The molecular weight excluding hydrogens is 436 g/mol. The number of hydrogen-bond acceptors (Lipinski definition) is 4. The second kappa shape index (κ2) is 10.2. The van der Waals surface area contributed by atoms with E-state index in [1.165, 1.54) is 37.7 Å². The van der Waals surface area contributed by atoms with Crippen molar-refractivity contribution in [2.75, 3.05) is 13.2 Å². The number of carbonyl (C=O) groups is 1. The molecule has 2 unspecified atom stereocenters. The minimum Gasteiger partial charge on any atom is -0.377 e. The van der Waals surface area contributed by atoms with Gasteiger partial charge in [0, 0.05) is 31.0 Å². The highest BCUT2D eigenvalue weighted by molar-refractivity contribution is 5.94. The molecule has 5 aliphatic rings. The molecule has 0 bridgehead atoms. The van der Waals surface area contributed by atoms with Crippen LogP contribution in [0.5, 0.6) is 0 Å². The number of carbonyl (C=O) groups excluding carboxylic acids is 1. The van der Waals surface area contributed by atoms with Crippen molar-refractivity contribution in [2.24, 2.45) is 40.4 Å². The van der Waals surface area contributed by atoms with E-state index >= 15 is 0 Å². The lowest BCUT2D eigenvalue weighted by atomic mass is 9.46. The Labute approximate surface area is 213 Å². The first-order chi connectivity index (χ1) is 16.8. The molecule has 1 heterocycles. The Balaban J connectivity index is 1.43. The van der Waals surface area contributed by atoms with Crippen LogP contribution in [0.15, 0.2) is 11.6 Å². The molecule has 4 fully saturated rings. The standard InChI is InChI=1S/C31H50O4/c1-6-21-10-11-24-29-25(12-14-30(21,24)4)31(5)22(18-26(29)32)17-23(35-28-9-7-8-15-34-28)19-27(31)33-16-13-20(2)3/h18,20-21,23-25,27-29H,6-17,19H2,1-5H3/t21-,23+,24-,25-,27?,28?,29-,30+,31-/m0/s1. The maximum atomic E-state index is 13.8. The molecule has 198 valence electrons. The largest absolute Gasteiger partial charge is 0.377 e. The molecule has 0 aromatic rings. The van der Waals surface area contributed by atoms with Gasteiger partial charge in [-0.25, -0.2) is 0 Å². The molecule has 4 nitrogen and oxygen atoms in total. The van der Waals surface area contributed by atoms with Crippen LogP contribution in [0, 0.1) is 40.4 Å². The smallest absolute Gasteiger partial charge is 0.159 e. The fourth-order valence-electron chi connectivity index (χ4n) is 9.01. The molecule has 1 saturated heterocycles. The molecule has 4 heteroatoms. The molecule has 0 N–H and O–H groups in total. The van der Waals surface area contributed by atoms with Gasteiger partial charge >= 0.3 is 0 Å². The van der Waals surface area contributed by atoms with E-state index in [2.05, 4.69) is 40.7 Å². The third kappa shape index (κ3) is 4.59. The molecular formula is C31H50O4. The van der Waals surface area contributed by atoms with Crippen LogP contribution in [-0.2, 0) is 19.0 Å². The van der Waals surface area contributed by atoms with Crippen molar-refractivity contribution in [1.82, 2.24) is 0 Å². The molecule has 35 heavy (non-hydrogen) atoms. The van der Waals surface area contributed by atoms with Crippen molar-refractivity contribution < 1.29 is 19.0 Å². The normalized spacial score (nSPS) is 45.6. The van der Waals surface area contributed by atoms with Gasteiger partial charge in [0.1, 0.15) is 0 Å². The topological polar surface area (TPSA) is 44.8 Å². The summed E-state index contributed by atoms with van der Waals surface area (Å²) < 4.78 is 19.2. The monoisotopic (exact) mass is 486 g/mol. The van der Waals surface area contributed by atoms with Crippen molar-refractivity contribution in [2.45, 2.75) is 124 Å². The summed E-state index contributed by atoms with van der Waals surface area (Å²) in [6, 6.07) is 0. The zero-order valence-corrected chi connectivity index (χ0v) is 23.0. The fourth-order valence-corrected chi connectivity index (χ4v) is 9.01. The quantitative estimate of drug-likeness (QED) is 0.385. The Hall–Kier alpha value is -0.710. The average Bonchev–Trinajstić information content (AvgIpc) is 3.17.